The van der Waals surface area contributed by atoms with E-state index in [2.05, 4.69) is 35.2 Å². The van der Waals surface area contributed by atoms with Gasteiger partial charge < -0.3 is 9.64 Å². The Hall–Kier alpha value is -2.33. The number of rotatable bonds is 3. The standard InChI is InChI=1S/C21H24N2O2/c1-22(19-11-13-25-20-9-5-4-8-18(19)20)21(24)15-23-12-10-16-6-2-3-7-17(16)14-23/h2-9,19H,10-15H2,1H3. The zero-order chi connectivity index (χ0) is 17.2. The molecule has 0 aliphatic carbocycles. The van der Waals surface area contributed by atoms with Crippen LogP contribution in [0.25, 0.3) is 0 Å². The van der Waals surface area contributed by atoms with E-state index in [1.807, 2.05) is 30.1 Å². The number of carbonyl (C=O) groups is 1. The third-order valence-corrected chi connectivity index (χ3v) is 5.36. The molecular weight excluding hydrogens is 312 g/mol. The van der Waals surface area contributed by atoms with Crippen molar-refractivity contribution >= 4 is 5.91 Å². The third kappa shape index (κ3) is 3.27. The molecule has 0 radical (unpaired) electrons. The highest BCUT2D eigenvalue weighted by atomic mass is 16.5. The molecule has 0 saturated carbocycles. The lowest BCUT2D eigenvalue weighted by atomic mass is 9.98. The first-order valence-corrected chi connectivity index (χ1v) is 8.99. The molecule has 4 heteroatoms. The Labute approximate surface area is 149 Å². The van der Waals surface area contributed by atoms with Gasteiger partial charge in [0.15, 0.2) is 0 Å². The Balaban J connectivity index is 1.44. The highest BCUT2D eigenvalue weighted by Gasteiger charge is 2.29. The maximum Gasteiger partial charge on any atom is 0.237 e. The molecule has 1 atom stereocenters. The van der Waals surface area contributed by atoms with Crippen LogP contribution in [0.2, 0.25) is 0 Å². The molecule has 4 rings (SSSR count). The molecule has 2 aliphatic rings. The summed E-state index contributed by atoms with van der Waals surface area (Å²) in [7, 11) is 1.92. The smallest absolute Gasteiger partial charge is 0.237 e. The molecule has 2 heterocycles. The van der Waals surface area contributed by atoms with Crippen LogP contribution in [0.4, 0.5) is 0 Å². The summed E-state index contributed by atoms with van der Waals surface area (Å²) in [5.74, 6) is 1.09. The summed E-state index contributed by atoms with van der Waals surface area (Å²) in [5.41, 5.74) is 3.88. The first-order valence-electron chi connectivity index (χ1n) is 8.99. The number of likely N-dealkylation sites (N-methyl/N-ethyl adjacent to an activating group) is 1. The number of nitrogens with zero attached hydrogens (tertiary/aromatic N) is 2. The van der Waals surface area contributed by atoms with Gasteiger partial charge in [-0.15, -0.1) is 0 Å². The van der Waals surface area contributed by atoms with Crippen LogP contribution in [0.5, 0.6) is 5.75 Å². The van der Waals surface area contributed by atoms with E-state index in [0.29, 0.717) is 13.2 Å². The molecule has 2 aliphatic heterocycles. The van der Waals surface area contributed by atoms with Crippen LogP contribution in [0.3, 0.4) is 0 Å². The first-order chi connectivity index (χ1) is 12.2. The van der Waals surface area contributed by atoms with Crippen molar-refractivity contribution in [2.75, 3.05) is 26.7 Å². The van der Waals surface area contributed by atoms with Gasteiger partial charge in [-0.2, -0.15) is 0 Å². The molecule has 0 aromatic heterocycles. The predicted molar refractivity (Wildman–Crippen MR) is 97.5 cm³/mol. The quantitative estimate of drug-likeness (QED) is 0.864. The van der Waals surface area contributed by atoms with Crippen molar-refractivity contribution in [3.05, 3.63) is 65.2 Å². The fourth-order valence-corrected chi connectivity index (χ4v) is 3.89. The average Bonchev–Trinajstić information content (AvgIpc) is 2.67. The summed E-state index contributed by atoms with van der Waals surface area (Å²) < 4.78 is 5.72. The van der Waals surface area contributed by atoms with Crippen molar-refractivity contribution in [2.24, 2.45) is 0 Å². The van der Waals surface area contributed by atoms with E-state index < -0.39 is 0 Å². The van der Waals surface area contributed by atoms with Crippen LogP contribution in [-0.4, -0.2) is 42.5 Å². The first kappa shape index (κ1) is 16.2. The van der Waals surface area contributed by atoms with Crippen molar-refractivity contribution < 1.29 is 9.53 Å². The Bertz CT molecular complexity index is 774. The van der Waals surface area contributed by atoms with E-state index in [9.17, 15) is 4.79 Å². The number of carbonyl (C=O) groups excluding carboxylic acids is 1. The van der Waals surface area contributed by atoms with Crippen LogP contribution < -0.4 is 4.74 Å². The monoisotopic (exact) mass is 336 g/mol. The third-order valence-electron chi connectivity index (χ3n) is 5.36. The number of hydrogen-bond acceptors (Lipinski definition) is 3. The molecule has 25 heavy (non-hydrogen) atoms. The van der Waals surface area contributed by atoms with Gasteiger partial charge in [0, 0.05) is 32.1 Å². The molecule has 1 unspecified atom stereocenters. The van der Waals surface area contributed by atoms with Crippen LogP contribution in [-0.2, 0) is 17.8 Å². The number of benzene rings is 2. The van der Waals surface area contributed by atoms with E-state index in [1.165, 1.54) is 11.1 Å². The lowest BCUT2D eigenvalue weighted by molar-refractivity contribution is -0.134. The summed E-state index contributed by atoms with van der Waals surface area (Å²) in [6.07, 6.45) is 1.87. The summed E-state index contributed by atoms with van der Waals surface area (Å²) in [6, 6.07) is 16.7. The van der Waals surface area contributed by atoms with E-state index in [0.717, 1.165) is 37.2 Å². The maximum absolute atomic E-state index is 12.9. The van der Waals surface area contributed by atoms with Crippen LogP contribution in [0, 0.1) is 0 Å². The summed E-state index contributed by atoms with van der Waals surface area (Å²) >= 11 is 0. The molecular formula is C21H24N2O2. The average molecular weight is 336 g/mol. The van der Waals surface area contributed by atoms with Gasteiger partial charge >= 0.3 is 0 Å². The Morgan fingerprint density at radius 1 is 1.16 bits per heavy atom. The predicted octanol–water partition coefficient (Wildman–Crippen LogP) is 3.03. The number of amides is 1. The van der Waals surface area contributed by atoms with Gasteiger partial charge in [-0.3, -0.25) is 9.69 Å². The summed E-state index contributed by atoms with van der Waals surface area (Å²) in [4.78, 5) is 17.0. The van der Waals surface area contributed by atoms with Crippen molar-refractivity contribution in [3.63, 3.8) is 0 Å². The largest absolute Gasteiger partial charge is 0.493 e. The van der Waals surface area contributed by atoms with Gasteiger partial charge in [-0.05, 0) is 23.6 Å². The fraction of sp³-hybridized carbons (Fsp3) is 0.381. The van der Waals surface area contributed by atoms with Crippen molar-refractivity contribution in [1.82, 2.24) is 9.80 Å². The van der Waals surface area contributed by atoms with Crippen LogP contribution in [0.1, 0.15) is 29.2 Å². The van der Waals surface area contributed by atoms with Crippen molar-refractivity contribution in [3.8, 4) is 5.75 Å². The maximum atomic E-state index is 12.9. The molecule has 0 N–H and O–H groups in total. The van der Waals surface area contributed by atoms with Crippen molar-refractivity contribution in [2.45, 2.75) is 25.4 Å². The van der Waals surface area contributed by atoms with E-state index in [1.54, 1.807) is 0 Å². The second-order valence-electron chi connectivity index (χ2n) is 6.92. The van der Waals surface area contributed by atoms with Crippen LogP contribution in [0.15, 0.2) is 48.5 Å². The van der Waals surface area contributed by atoms with Gasteiger partial charge in [0.2, 0.25) is 5.91 Å². The second kappa shape index (κ2) is 6.89. The Morgan fingerprint density at radius 3 is 2.80 bits per heavy atom. The Morgan fingerprint density at radius 2 is 1.92 bits per heavy atom. The molecule has 4 nitrogen and oxygen atoms in total. The van der Waals surface area contributed by atoms with Gasteiger partial charge in [-0.25, -0.2) is 0 Å². The SMILES string of the molecule is CN(C(=O)CN1CCc2ccccc2C1)C1CCOc2ccccc21. The molecule has 2 aromatic carbocycles. The zero-order valence-electron chi connectivity index (χ0n) is 14.6. The minimum Gasteiger partial charge on any atom is -0.493 e. The number of para-hydroxylation sites is 1. The molecule has 0 spiro atoms. The van der Waals surface area contributed by atoms with E-state index >= 15 is 0 Å². The molecule has 2 aromatic rings. The summed E-state index contributed by atoms with van der Waals surface area (Å²) in [5, 5.41) is 0. The molecule has 130 valence electrons. The minimum atomic E-state index is 0.106. The van der Waals surface area contributed by atoms with Crippen molar-refractivity contribution in [1.29, 1.82) is 0 Å². The zero-order valence-corrected chi connectivity index (χ0v) is 14.6. The van der Waals surface area contributed by atoms with Crippen LogP contribution >= 0.6 is 0 Å². The highest BCUT2D eigenvalue weighted by Crippen LogP contribution is 2.35. The van der Waals surface area contributed by atoms with Gasteiger partial charge in [-0.1, -0.05) is 42.5 Å². The molecule has 0 fully saturated rings. The molecule has 0 bridgehead atoms. The highest BCUT2D eigenvalue weighted by molar-refractivity contribution is 5.78. The molecule has 0 saturated heterocycles. The normalized spacial score (nSPS) is 19.5. The number of fused-ring (bicyclic) bond motifs is 2. The topological polar surface area (TPSA) is 32.8 Å². The lowest BCUT2D eigenvalue weighted by Crippen LogP contribution is -2.42. The van der Waals surface area contributed by atoms with E-state index in [-0.39, 0.29) is 11.9 Å². The Kier molecular flexibility index (Phi) is 4.45. The molecule has 1 amide bonds. The van der Waals surface area contributed by atoms with Gasteiger partial charge in [0.05, 0.1) is 19.2 Å². The minimum absolute atomic E-state index is 0.106. The fourth-order valence-electron chi connectivity index (χ4n) is 3.89. The van der Waals surface area contributed by atoms with E-state index in [4.69, 9.17) is 4.74 Å². The van der Waals surface area contributed by atoms with Gasteiger partial charge in [0.1, 0.15) is 5.75 Å². The number of ether oxygens (including phenoxy) is 1. The number of hydrogen-bond donors (Lipinski definition) is 0. The lowest BCUT2D eigenvalue weighted by Gasteiger charge is -2.35. The second-order valence-corrected chi connectivity index (χ2v) is 6.92. The summed E-state index contributed by atoms with van der Waals surface area (Å²) in [6.45, 7) is 2.95. The van der Waals surface area contributed by atoms with Gasteiger partial charge in [0.25, 0.3) is 0 Å².